The number of carbonyl (C=O) groups is 2. The predicted molar refractivity (Wildman–Crippen MR) is 78.3 cm³/mol. The van der Waals surface area contributed by atoms with Crippen LogP contribution in [-0.2, 0) is 9.53 Å². The standard InChI is InChI=1S/C16H23NO3/c1-11(2)13(16(3,4)15(19)20-5)17-14(18)12-9-7-6-8-10-12/h6-11,13H,1-5H3,(H,17,18). The van der Waals surface area contributed by atoms with Crippen LogP contribution in [0.5, 0.6) is 0 Å². The molecule has 110 valence electrons. The Morgan fingerprint density at radius 1 is 1.15 bits per heavy atom. The molecule has 0 saturated heterocycles. The molecule has 0 aliphatic heterocycles. The SMILES string of the molecule is COC(=O)C(C)(C)C(NC(=O)c1ccccc1)C(C)C. The first-order valence-electron chi connectivity index (χ1n) is 6.75. The number of amides is 1. The molecule has 1 aromatic rings. The van der Waals surface area contributed by atoms with Crippen molar-refractivity contribution in [1.29, 1.82) is 0 Å². The molecule has 0 radical (unpaired) electrons. The molecule has 1 atom stereocenters. The predicted octanol–water partition coefficient (Wildman–Crippen LogP) is 2.64. The van der Waals surface area contributed by atoms with Gasteiger partial charge in [-0.2, -0.15) is 0 Å². The van der Waals surface area contributed by atoms with Crippen molar-refractivity contribution >= 4 is 11.9 Å². The van der Waals surface area contributed by atoms with Crippen LogP contribution in [0.2, 0.25) is 0 Å². The van der Waals surface area contributed by atoms with Crippen LogP contribution < -0.4 is 5.32 Å². The minimum absolute atomic E-state index is 0.108. The molecule has 0 aliphatic carbocycles. The van der Waals surface area contributed by atoms with Crippen molar-refractivity contribution in [3.63, 3.8) is 0 Å². The van der Waals surface area contributed by atoms with E-state index >= 15 is 0 Å². The Kier molecular flexibility index (Phi) is 5.31. The second kappa shape index (κ2) is 6.55. The van der Waals surface area contributed by atoms with Crippen molar-refractivity contribution < 1.29 is 14.3 Å². The summed E-state index contributed by atoms with van der Waals surface area (Å²) in [6.45, 7) is 7.52. The smallest absolute Gasteiger partial charge is 0.313 e. The van der Waals surface area contributed by atoms with Crippen molar-refractivity contribution in [2.24, 2.45) is 11.3 Å². The van der Waals surface area contributed by atoms with Crippen LogP contribution >= 0.6 is 0 Å². The van der Waals surface area contributed by atoms with Crippen molar-refractivity contribution in [2.45, 2.75) is 33.7 Å². The number of esters is 1. The highest BCUT2D eigenvalue weighted by molar-refractivity contribution is 5.94. The fraction of sp³-hybridized carbons (Fsp3) is 0.500. The molecule has 0 aromatic heterocycles. The average molecular weight is 277 g/mol. The number of ether oxygens (including phenoxy) is 1. The van der Waals surface area contributed by atoms with Crippen LogP contribution in [0.15, 0.2) is 30.3 Å². The van der Waals surface area contributed by atoms with E-state index in [1.54, 1.807) is 26.0 Å². The maximum atomic E-state index is 12.3. The molecule has 4 nitrogen and oxygen atoms in total. The lowest BCUT2D eigenvalue weighted by molar-refractivity contribution is -0.153. The van der Waals surface area contributed by atoms with Gasteiger partial charge in [0.2, 0.25) is 0 Å². The molecule has 20 heavy (non-hydrogen) atoms. The lowest BCUT2D eigenvalue weighted by atomic mass is 9.78. The molecular weight excluding hydrogens is 254 g/mol. The van der Waals surface area contributed by atoms with Gasteiger partial charge in [0.1, 0.15) is 0 Å². The number of carbonyl (C=O) groups excluding carboxylic acids is 2. The van der Waals surface area contributed by atoms with Gasteiger partial charge in [0.25, 0.3) is 5.91 Å². The summed E-state index contributed by atoms with van der Waals surface area (Å²) in [6, 6.07) is 8.67. The minimum atomic E-state index is -0.784. The van der Waals surface area contributed by atoms with Gasteiger partial charge in [0.05, 0.1) is 12.5 Å². The molecule has 1 amide bonds. The van der Waals surface area contributed by atoms with Crippen molar-refractivity contribution in [1.82, 2.24) is 5.32 Å². The molecule has 0 aliphatic rings. The summed E-state index contributed by atoms with van der Waals surface area (Å²) < 4.78 is 4.84. The van der Waals surface area contributed by atoms with Gasteiger partial charge in [0, 0.05) is 11.6 Å². The van der Waals surface area contributed by atoms with E-state index < -0.39 is 5.41 Å². The van der Waals surface area contributed by atoms with Crippen molar-refractivity contribution in [2.75, 3.05) is 7.11 Å². The lowest BCUT2D eigenvalue weighted by Crippen LogP contribution is -2.52. The molecule has 0 spiro atoms. The van der Waals surface area contributed by atoms with Crippen molar-refractivity contribution in [3.8, 4) is 0 Å². The normalized spacial score (nSPS) is 12.9. The Morgan fingerprint density at radius 3 is 2.15 bits per heavy atom. The molecule has 0 heterocycles. The van der Waals surface area contributed by atoms with Crippen molar-refractivity contribution in [3.05, 3.63) is 35.9 Å². The fourth-order valence-corrected chi connectivity index (χ4v) is 2.38. The van der Waals surface area contributed by atoms with Crippen LogP contribution in [0.25, 0.3) is 0 Å². The maximum absolute atomic E-state index is 12.3. The van der Waals surface area contributed by atoms with Gasteiger partial charge in [-0.1, -0.05) is 32.0 Å². The zero-order valence-electron chi connectivity index (χ0n) is 12.8. The van der Waals surface area contributed by atoms with Gasteiger partial charge >= 0.3 is 5.97 Å². The Hall–Kier alpha value is -1.84. The van der Waals surface area contributed by atoms with Crippen LogP contribution in [0, 0.1) is 11.3 Å². The molecular formula is C16H23NO3. The highest BCUT2D eigenvalue weighted by atomic mass is 16.5. The quantitative estimate of drug-likeness (QED) is 0.842. The summed E-state index contributed by atoms with van der Waals surface area (Å²) in [5.74, 6) is -0.400. The van der Waals surface area contributed by atoms with E-state index in [2.05, 4.69) is 5.32 Å². The van der Waals surface area contributed by atoms with Crippen LogP contribution in [0.4, 0.5) is 0 Å². The highest BCUT2D eigenvalue weighted by Gasteiger charge is 2.40. The zero-order valence-corrected chi connectivity index (χ0v) is 12.8. The molecule has 1 unspecified atom stereocenters. The number of benzene rings is 1. The summed E-state index contributed by atoms with van der Waals surface area (Å²) in [5, 5.41) is 2.95. The zero-order chi connectivity index (χ0) is 15.3. The molecule has 0 fully saturated rings. The highest BCUT2D eigenvalue weighted by Crippen LogP contribution is 2.28. The van der Waals surface area contributed by atoms with Crippen LogP contribution in [-0.4, -0.2) is 25.0 Å². The van der Waals surface area contributed by atoms with Gasteiger partial charge in [-0.3, -0.25) is 9.59 Å². The summed E-state index contributed by atoms with van der Waals surface area (Å²) in [5.41, 5.74) is -0.202. The second-order valence-electron chi connectivity index (χ2n) is 5.77. The molecule has 4 heteroatoms. The number of hydrogen-bond donors (Lipinski definition) is 1. The molecule has 1 N–H and O–H groups in total. The summed E-state index contributed by atoms with van der Waals surface area (Å²) in [4.78, 5) is 24.2. The number of methoxy groups -OCH3 is 1. The van der Waals surface area contributed by atoms with Gasteiger partial charge in [-0.15, -0.1) is 0 Å². The Labute approximate surface area is 120 Å². The van der Waals surface area contributed by atoms with E-state index in [1.165, 1.54) is 7.11 Å². The second-order valence-corrected chi connectivity index (χ2v) is 5.77. The Balaban J connectivity index is 2.94. The topological polar surface area (TPSA) is 55.4 Å². The molecule has 0 saturated carbocycles. The van der Waals surface area contributed by atoms with Gasteiger partial charge in [-0.25, -0.2) is 0 Å². The van der Waals surface area contributed by atoms with Crippen LogP contribution in [0.1, 0.15) is 38.1 Å². The van der Waals surface area contributed by atoms with E-state index in [4.69, 9.17) is 4.74 Å². The monoisotopic (exact) mass is 277 g/mol. The average Bonchev–Trinajstić information content (AvgIpc) is 2.43. The third-order valence-corrected chi connectivity index (χ3v) is 3.48. The number of nitrogens with one attached hydrogen (secondary N) is 1. The Morgan fingerprint density at radius 2 is 1.70 bits per heavy atom. The lowest BCUT2D eigenvalue weighted by Gasteiger charge is -2.35. The maximum Gasteiger partial charge on any atom is 0.313 e. The first-order chi connectivity index (χ1) is 9.30. The van der Waals surface area contributed by atoms with E-state index in [-0.39, 0.29) is 23.8 Å². The van der Waals surface area contributed by atoms with Crippen LogP contribution in [0.3, 0.4) is 0 Å². The van der Waals surface area contributed by atoms with Gasteiger partial charge in [-0.05, 0) is 31.9 Å². The fourth-order valence-electron chi connectivity index (χ4n) is 2.38. The third-order valence-electron chi connectivity index (χ3n) is 3.48. The summed E-state index contributed by atoms with van der Waals surface area (Å²) in [7, 11) is 1.36. The number of hydrogen-bond acceptors (Lipinski definition) is 3. The molecule has 1 rings (SSSR count). The molecule has 0 bridgehead atoms. The third kappa shape index (κ3) is 3.59. The first kappa shape index (κ1) is 16.2. The van der Waals surface area contributed by atoms with E-state index in [1.807, 2.05) is 32.0 Å². The van der Waals surface area contributed by atoms with Gasteiger partial charge < -0.3 is 10.1 Å². The molecule has 1 aromatic carbocycles. The summed E-state index contributed by atoms with van der Waals surface area (Å²) in [6.07, 6.45) is 0. The minimum Gasteiger partial charge on any atom is -0.469 e. The van der Waals surface area contributed by atoms with E-state index in [0.29, 0.717) is 5.56 Å². The number of rotatable bonds is 5. The first-order valence-corrected chi connectivity index (χ1v) is 6.75. The largest absolute Gasteiger partial charge is 0.469 e. The van der Waals surface area contributed by atoms with E-state index in [0.717, 1.165) is 0 Å². The summed E-state index contributed by atoms with van der Waals surface area (Å²) >= 11 is 0. The Bertz CT molecular complexity index is 466. The van der Waals surface area contributed by atoms with Gasteiger partial charge in [0.15, 0.2) is 0 Å². The van der Waals surface area contributed by atoms with E-state index in [9.17, 15) is 9.59 Å².